The first-order chi connectivity index (χ1) is 10.5. The van der Waals surface area contributed by atoms with Gasteiger partial charge in [0.05, 0.1) is 0 Å². The van der Waals surface area contributed by atoms with Crippen molar-refractivity contribution in [1.29, 1.82) is 0 Å². The largest absolute Gasteiger partial charge is 0.481 e. The fraction of sp³-hybridized carbons (Fsp3) is 0.800. The van der Waals surface area contributed by atoms with Gasteiger partial charge in [-0.2, -0.15) is 0 Å². The Morgan fingerprint density at radius 3 is 2.27 bits per heavy atom. The summed E-state index contributed by atoms with van der Waals surface area (Å²) in [5.41, 5.74) is 0. The van der Waals surface area contributed by atoms with Crippen LogP contribution in [0, 0.1) is 5.92 Å². The molecule has 0 bridgehead atoms. The number of amides is 1. The normalized spacial score (nSPS) is 14.3. The van der Waals surface area contributed by atoms with Gasteiger partial charge in [0.15, 0.2) is 0 Å². The third-order valence-corrected chi connectivity index (χ3v) is 3.12. The van der Waals surface area contributed by atoms with E-state index in [0.717, 1.165) is 13.3 Å². The second-order valence-corrected chi connectivity index (χ2v) is 5.22. The Labute approximate surface area is 131 Å². The molecule has 0 aromatic rings. The maximum absolute atomic E-state index is 11.3. The summed E-state index contributed by atoms with van der Waals surface area (Å²) in [5, 5.41) is 10.1. The van der Waals surface area contributed by atoms with Crippen LogP contribution in [-0.4, -0.2) is 36.5 Å². The van der Waals surface area contributed by atoms with Gasteiger partial charge in [-0.15, -0.1) is 0 Å². The van der Waals surface area contributed by atoms with Crippen LogP contribution >= 0.6 is 0 Å². The maximum atomic E-state index is 11.3. The Morgan fingerprint density at radius 1 is 1.14 bits per heavy atom. The zero-order valence-corrected chi connectivity index (χ0v) is 13.4. The highest BCUT2D eigenvalue weighted by molar-refractivity contribution is 5.70. The van der Waals surface area contributed by atoms with Crippen LogP contribution in [0.25, 0.3) is 0 Å². The predicted molar refractivity (Wildman–Crippen MR) is 80.2 cm³/mol. The van der Waals surface area contributed by atoms with Crippen LogP contribution in [0.3, 0.4) is 0 Å². The summed E-state index contributed by atoms with van der Waals surface area (Å²) in [4.78, 5) is 31.3. The lowest BCUT2D eigenvalue weighted by Gasteiger charge is -2.21. The van der Waals surface area contributed by atoms with E-state index in [1.807, 2.05) is 6.92 Å². The molecule has 1 saturated carbocycles. The molecule has 7 heteroatoms. The smallest absolute Gasteiger partial charge is 0.410 e. The molecule has 0 spiro atoms. The summed E-state index contributed by atoms with van der Waals surface area (Å²) in [7, 11) is 0. The average Bonchev–Trinajstić information content (AvgIpc) is 2.46. The molecule has 1 amide bonds. The van der Waals surface area contributed by atoms with E-state index in [-0.39, 0.29) is 12.8 Å². The number of nitrogens with one attached hydrogen (secondary N) is 1. The number of aliphatic carboxylic acids is 1. The quantitative estimate of drug-likeness (QED) is 0.577. The first-order valence-corrected chi connectivity index (χ1v) is 7.71. The van der Waals surface area contributed by atoms with Crippen molar-refractivity contribution >= 4 is 18.0 Å². The van der Waals surface area contributed by atoms with Crippen molar-refractivity contribution in [3.63, 3.8) is 0 Å². The highest BCUT2D eigenvalue weighted by atomic mass is 16.7. The third-order valence-electron chi connectivity index (χ3n) is 3.12. The molecule has 0 heterocycles. The lowest BCUT2D eigenvalue weighted by Crippen LogP contribution is -2.31. The average molecular weight is 317 g/mol. The van der Waals surface area contributed by atoms with E-state index >= 15 is 0 Å². The van der Waals surface area contributed by atoms with Crippen molar-refractivity contribution < 1.29 is 29.0 Å². The van der Waals surface area contributed by atoms with E-state index in [4.69, 9.17) is 19.4 Å². The number of ether oxygens (including phenoxy) is 2. The van der Waals surface area contributed by atoms with Crippen LogP contribution in [0.5, 0.6) is 0 Å². The van der Waals surface area contributed by atoms with Gasteiger partial charge in [0.25, 0.3) is 5.97 Å². The van der Waals surface area contributed by atoms with Gasteiger partial charge in [0.1, 0.15) is 0 Å². The number of carboxylic acids is 1. The number of carbonyl (C=O) groups is 3. The summed E-state index contributed by atoms with van der Waals surface area (Å²) in [5.74, 6) is -0.605. The summed E-state index contributed by atoms with van der Waals surface area (Å²) in [6.45, 7) is 3.33. The van der Waals surface area contributed by atoms with Crippen molar-refractivity contribution in [1.82, 2.24) is 5.32 Å². The van der Waals surface area contributed by atoms with Gasteiger partial charge in [0, 0.05) is 19.9 Å². The van der Waals surface area contributed by atoms with Crippen molar-refractivity contribution in [2.24, 2.45) is 5.92 Å². The second-order valence-electron chi connectivity index (χ2n) is 5.22. The Kier molecular flexibility index (Phi) is 11.9. The van der Waals surface area contributed by atoms with Gasteiger partial charge in [0.2, 0.25) is 6.79 Å². The minimum Gasteiger partial charge on any atom is -0.481 e. The van der Waals surface area contributed by atoms with E-state index in [0.29, 0.717) is 18.9 Å². The summed E-state index contributed by atoms with van der Waals surface area (Å²) >= 11 is 0. The standard InChI is InChI=1S/C13H23NO4.C2H4O2/c1-2-6-12(15)17-10-18-13(16)14-9-11-7-4-3-5-8-11;1-2(3)4/h11H,2-10H2,1H3,(H,14,16);1H3,(H,3,4). The van der Waals surface area contributed by atoms with Crippen LogP contribution in [0.15, 0.2) is 0 Å². The van der Waals surface area contributed by atoms with Crippen LogP contribution in [0.4, 0.5) is 4.79 Å². The Balaban J connectivity index is 0.000000980. The molecule has 2 N–H and O–H groups in total. The van der Waals surface area contributed by atoms with Crippen molar-refractivity contribution in [2.45, 2.75) is 58.8 Å². The van der Waals surface area contributed by atoms with Gasteiger partial charge in [-0.25, -0.2) is 4.79 Å². The van der Waals surface area contributed by atoms with Gasteiger partial charge < -0.3 is 19.9 Å². The topological polar surface area (TPSA) is 102 Å². The SMILES string of the molecule is CC(=O)O.CCCC(=O)OCOC(=O)NCC1CCCCC1. The van der Waals surface area contributed by atoms with Crippen molar-refractivity contribution in [2.75, 3.05) is 13.3 Å². The highest BCUT2D eigenvalue weighted by Crippen LogP contribution is 2.22. The van der Waals surface area contributed by atoms with Gasteiger partial charge in [-0.1, -0.05) is 26.2 Å². The van der Waals surface area contributed by atoms with Crippen LogP contribution in [0.2, 0.25) is 0 Å². The fourth-order valence-corrected chi connectivity index (χ4v) is 2.09. The van der Waals surface area contributed by atoms with E-state index in [9.17, 15) is 9.59 Å². The summed E-state index contributed by atoms with van der Waals surface area (Å²) in [6.07, 6.45) is 6.71. The van der Waals surface area contributed by atoms with E-state index < -0.39 is 12.1 Å². The Morgan fingerprint density at radius 2 is 1.73 bits per heavy atom. The number of hydrogen-bond acceptors (Lipinski definition) is 5. The third kappa shape index (κ3) is 13.2. The number of alkyl carbamates (subject to hydrolysis) is 1. The van der Waals surface area contributed by atoms with Crippen LogP contribution in [-0.2, 0) is 19.1 Å². The van der Waals surface area contributed by atoms with Crippen LogP contribution < -0.4 is 5.32 Å². The molecule has 1 fully saturated rings. The molecule has 0 saturated heterocycles. The van der Waals surface area contributed by atoms with E-state index in [1.54, 1.807) is 0 Å². The lowest BCUT2D eigenvalue weighted by atomic mass is 9.89. The molecule has 128 valence electrons. The predicted octanol–water partition coefficient (Wildman–Crippen LogP) is 2.68. The van der Waals surface area contributed by atoms with Crippen molar-refractivity contribution in [3.05, 3.63) is 0 Å². The number of hydrogen-bond donors (Lipinski definition) is 2. The molecule has 0 aliphatic heterocycles. The van der Waals surface area contributed by atoms with Crippen molar-refractivity contribution in [3.8, 4) is 0 Å². The van der Waals surface area contributed by atoms with Gasteiger partial charge >= 0.3 is 12.1 Å². The zero-order valence-electron chi connectivity index (χ0n) is 13.4. The molecule has 7 nitrogen and oxygen atoms in total. The van der Waals surface area contributed by atoms with E-state index in [1.165, 1.54) is 32.1 Å². The van der Waals surface area contributed by atoms with Gasteiger partial charge in [-0.3, -0.25) is 9.59 Å². The molecular weight excluding hydrogens is 290 g/mol. The number of esters is 1. The molecule has 1 aliphatic carbocycles. The summed E-state index contributed by atoms with van der Waals surface area (Å²) in [6, 6.07) is 0. The minimum atomic E-state index is -0.833. The maximum Gasteiger partial charge on any atom is 0.410 e. The molecule has 0 atom stereocenters. The number of rotatable bonds is 6. The fourth-order valence-electron chi connectivity index (χ4n) is 2.09. The molecule has 22 heavy (non-hydrogen) atoms. The summed E-state index contributed by atoms with van der Waals surface area (Å²) < 4.78 is 9.48. The van der Waals surface area contributed by atoms with E-state index in [2.05, 4.69) is 5.32 Å². The molecule has 0 aromatic heterocycles. The molecule has 1 rings (SSSR count). The molecule has 1 aliphatic rings. The van der Waals surface area contributed by atoms with Gasteiger partial charge in [-0.05, 0) is 25.2 Å². The molecule has 0 radical (unpaired) electrons. The second kappa shape index (κ2) is 12.9. The molecule has 0 aromatic carbocycles. The minimum absolute atomic E-state index is 0.296. The monoisotopic (exact) mass is 317 g/mol. The molecule has 0 unspecified atom stereocenters. The highest BCUT2D eigenvalue weighted by Gasteiger charge is 2.14. The number of carboxylic acid groups (broad SMARTS) is 1. The van der Waals surface area contributed by atoms with Crippen LogP contribution in [0.1, 0.15) is 58.8 Å². The first-order valence-electron chi connectivity index (χ1n) is 7.71. The zero-order chi connectivity index (χ0) is 16.8. The number of carbonyl (C=O) groups excluding carboxylic acids is 2. The first kappa shape index (κ1) is 20.2. The Bertz CT molecular complexity index is 335. The Hall–Kier alpha value is -1.79. The molecular formula is C15H27NO6. The lowest BCUT2D eigenvalue weighted by molar-refractivity contribution is -0.151.